The van der Waals surface area contributed by atoms with Crippen LogP contribution in [0.2, 0.25) is 0 Å². The summed E-state index contributed by atoms with van der Waals surface area (Å²) in [5, 5.41) is 15.2. The number of hydrogen-bond donors (Lipinski definition) is 2. The summed E-state index contributed by atoms with van der Waals surface area (Å²) in [7, 11) is 1.62. The summed E-state index contributed by atoms with van der Waals surface area (Å²) in [6, 6.07) is 53.4. The van der Waals surface area contributed by atoms with Gasteiger partial charge in [0.25, 0.3) is 5.91 Å². The Morgan fingerprint density at radius 2 is 1.10 bits per heavy atom. The van der Waals surface area contributed by atoms with Gasteiger partial charge in [0.05, 0.1) is 33.0 Å². The van der Waals surface area contributed by atoms with E-state index in [0.29, 0.717) is 30.9 Å². The molecule has 0 bridgehead atoms. The maximum Gasteiger partial charge on any atom is 0.251 e. The van der Waals surface area contributed by atoms with E-state index < -0.39 is 36.6 Å². The molecule has 6 aromatic rings. The molecule has 1 saturated heterocycles. The SMILES string of the molecule is CNC(=O)c1cccc(-c2ccc([C@H](O)[C@H]3O[C@@H](COCc4ccccc4)[C@@H](OCc4ccccc4)[C@H](OCc4ccccc4)[C@H]3OCc3ccccc3)c(C)c2)c1. The summed E-state index contributed by atoms with van der Waals surface area (Å²) < 4.78 is 33.9. The van der Waals surface area contributed by atoms with Crippen LogP contribution < -0.4 is 5.32 Å². The molecule has 0 radical (unpaired) electrons. The average molecular weight is 778 g/mol. The number of aliphatic hydroxyl groups is 1. The second-order valence-electron chi connectivity index (χ2n) is 14.6. The fourth-order valence-electron chi connectivity index (χ4n) is 7.43. The van der Waals surface area contributed by atoms with Gasteiger partial charge < -0.3 is 34.1 Å². The van der Waals surface area contributed by atoms with Crippen LogP contribution in [-0.4, -0.2) is 55.2 Å². The van der Waals surface area contributed by atoms with Gasteiger partial charge >= 0.3 is 0 Å². The van der Waals surface area contributed by atoms with E-state index in [9.17, 15) is 9.90 Å². The van der Waals surface area contributed by atoms with Crippen molar-refractivity contribution in [3.8, 4) is 11.1 Å². The Kier molecular flexibility index (Phi) is 14.3. The van der Waals surface area contributed by atoms with Crippen molar-refractivity contribution in [3.05, 3.63) is 203 Å². The minimum absolute atomic E-state index is 0.154. The maximum atomic E-state index is 12.5. The van der Waals surface area contributed by atoms with E-state index in [1.165, 1.54) is 0 Å². The minimum Gasteiger partial charge on any atom is -0.386 e. The van der Waals surface area contributed by atoms with Gasteiger partial charge in [-0.1, -0.05) is 152 Å². The Balaban J connectivity index is 1.25. The van der Waals surface area contributed by atoms with E-state index >= 15 is 0 Å². The minimum atomic E-state index is -1.11. The van der Waals surface area contributed by atoms with Crippen molar-refractivity contribution < 1.29 is 33.6 Å². The number of rotatable bonds is 17. The molecule has 6 atom stereocenters. The van der Waals surface area contributed by atoms with Crippen LogP contribution >= 0.6 is 0 Å². The fourth-order valence-corrected chi connectivity index (χ4v) is 7.43. The second kappa shape index (κ2) is 20.3. The van der Waals surface area contributed by atoms with Gasteiger partial charge in [0, 0.05) is 12.6 Å². The third-order valence-corrected chi connectivity index (χ3v) is 10.5. The van der Waals surface area contributed by atoms with E-state index in [-0.39, 0.29) is 19.1 Å². The molecule has 8 nitrogen and oxygen atoms in total. The van der Waals surface area contributed by atoms with E-state index in [2.05, 4.69) is 5.32 Å². The Labute approximate surface area is 341 Å². The van der Waals surface area contributed by atoms with Crippen molar-refractivity contribution in [2.24, 2.45) is 0 Å². The molecule has 1 fully saturated rings. The zero-order valence-corrected chi connectivity index (χ0v) is 33.0. The Hall–Kier alpha value is -5.45. The molecule has 1 aliphatic heterocycles. The lowest BCUT2D eigenvalue weighted by molar-refractivity contribution is -0.287. The first-order chi connectivity index (χ1) is 28.5. The summed E-state index contributed by atoms with van der Waals surface area (Å²) in [5.41, 5.74) is 7.97. The first kappa shape index (κ1) is 40.7. The summed E-state index contributed by atoms with van der Waals surface area (Å²) in [6.07, 6.45) is -4.66. The number of nitrogens with one attached hydrogen (secondary N) is 1. The first-order valence-corrected chi connectivity index (χ1v) is 19.8. The normalized spacial score (nSPS) is 19.7. The number of carbonyl (C=O) groups excluding carboxylic acids is 1. The lowest BCUT2D eigenvalue weighted by atomic mass is 9.87. The van der Waals surface area contributed by atoms with Crippen molar-refractivity contribution in [1.29, 1.82) is 0 Å². The highest BCUT2D eigenvalue weighted by molar-refractivity contribution is 5.95. The van der Waals surface area contributed by atoms with Crippen molar-refractivity contribution in [2.75, 3.05) is 13.7 Å². The Morgan fingerprint density at radius 3 is 1.64 bits per heavy atom. The van der Waals surface area contributed by atoms with Gasteiger partial charge in [0.15, 0.2) is 0 Å². The molecule has 0 aliphatic carbocycles. The molecule has 1 amide bonds. The maximum absolute atomic E-state index is 12.5. The molecule has 298 valence electrons. The van der Waals surface area contributed by atoms with Crippen molar-refractivity contribution in [1.82, 2.24) is 5.32 Å². The molecule has 58 heavy (non-hydrogen) atoms. The van der Waals surface area contributed by atoms with Crippen LogP contribution in [0.5, 0.6) is 0 Å². The van der Waals surface area contributed by atoms with Crippen LogP contribution in [0.3, 0.4) is 0 Å². The highest BCUT2D eigenvalue weighted by Crippen LogP contribution is 2.38. The monoisotopic (exact) mass is 777 g/mol. The summed E-state index contributed by atoms with van der Waals surface area (Å²) in [4.78, 5) is 12.4. The number of hydrogen-bond acceptors (Lipinski definition) is 7. The van der Waals surface area contributed by atoms with Gasteiger partial charge in [-0.2, -0.15) is 0 Å². The average Bonchev–Trinajstić information content (AvgIpc) is 3.28. The van der Waals surface area contributed by atoms with Crippen molar-refractivity contribution >= 4 is 5.91 Å². The molecular formula is C50H51NO7. The summed E-state index contributed by atoms with van der Waals surface area (Å²) in [6.45, 7) is 3.42. The van der Waals surface area contributed by atoms with E-state index in [1.54, 1.807) is 13.1 Å². The number of ether oxygens (including phenoxy) is 5. The standard InChI is InChI=1S/C50H51NO7/c1-35-28-41(40-24-15-25-42(29-40)50(53)51-2)26-27-43(35)45(52)47-49(57-33-39-22-13-6-14-23-39)48(56-32-38-20-11-5-12-21-38)46(55-31-37-18-9-4-10-19-37)44(58-47)34-54-30-36-16-7-3-8-17-36/h3-29,44-49,52H,30-34H2,1-2H3,(H,51,53)/t44-,45-,46+,47+,48-,49-/m0/s1. The molecule has 1 heterocycles. The topological polar surface area (TPSA) is 95.5 Å². The number of carbonyl (C=O) groups is 1. The summed E-state index contributed by atoms with van der Waals surface area (Å²) >= 11 is 0. The smallest absolute Gasteiger partial charge is 0.251 e. The molecule has 6 aromatic carbocycles. The predicted octanol–water partition coefficient (Wildman–Crippen LogP) is 8.80. The number of aliphatic hydroxyl groups excluding tert-OH is 1. The van der Waals surface area contributed by atoms with Gasteiger partial charge in [0.2, 0.25) is 0 Å². The zero-order chi connectivity index (χ0) is 40.1. The van der Waals surface area contributed by atoms with Crippen LogP contribution in [0.1, 0.15) is 49.8 Å². The molecule has 8 heteroatoms. The Bertz CT molecular complexity index is 2170. The van der Waals surface area contributed by atoms with E-state index in [1.807, 2.05) is 165 Å². The molecule has 0 saturated carbocycles. The summed E-state index contributed by atoms with van der Waals surface area (Å²) in [5.74, 6) is -0.154. The van der Waals surface area contributed by atoms with Crippen LogP contribution in [-0.2, 0) is 50.1 Å². The molecule has 0 unspecified atom stereocenters. The molecule has 2 N–H and O–H groups in total. The van der Waals surface area contributed by atoms with Gasteiger partial charge in [-0.3, -0.25) is 4.79 Å². The molecule has 0 aromatic heterocycles. The largest absolute Gasteiger partial charge is 0.386 e. The van der Waals surface area contributed by atoms with Crippen LogP contribution in [0.4, 0.5) is 0 Å². The lowest BCUT2D eigenvalue weighted by Crippen LogP contribution is -2.62. The lowest BCUT2D eigenvalue weighted by Gasteiger charge is -2.47. The zero-order valence-electron chi connectivity index (χ0n) is 33.0. The van der Waals surface area contributed by atoms with Crippen LogP contribution in [0.25, 0.3) is 11.1 Å². The highest BCUT2D eigenvalue weighted by atomic mass is 16.6. The number of aryl methyl sites for hydroxylation is 1. The van der Waals surface area contributed by atoms with E-state index in [0.717, 1.165) is 38.9 Å². The van der Waals surface area contributed by atoms with Crippen LogP contribution in [0, 0.1) is 6.92 Å². The molecule has 7 rings (SSSR count). The Morgan fingerprint density at radius 1 is 0.603 bits per heavy atom. The van der Waals surface area contributed by atoms with Crippen LogP contribution in [0.15, 0.2) is 164 Å². The first-order valence-electron chi connectivity index (χ1n) is 19.8. The van der Waals surface area contributed by atoms with Crippen molar-refractivity contribution in [2.45, 2.75) is 70.0 Å². The highest BCUT2D eigenvalue weighted by Gasteiger charge is 2.51. The third kappa shape index (κ3) is 10.5. The molecule has 1 aliphatic rings. The van der Waals surface area contributed by atoms with Gasteiger partial charge in [-0.15, -0.1) is 0 Å². The van der Waals surface area contributed by atoms with Gasteiger partial charge in [0.1, 0.15) is 36.6 Å². The van der Waals surface area contributed by atoms with Gasteiger partial charge in [-0.05, 0) is 63.6 Å². The number of amides is 1. The number of benzene rings is 6. The second-order valence-corrected chi connectivity index (χ2v) is 14.6. The molecular weight excluding hydrogens is 727 g/mol. The van der Waals surface area contributed by atoms with Crippen molar-refractivity contribution in [3.63, 3.8) is 0 Å². The quantitative estimate of drug-likeness (QED) is 0.0957. The predicted molar refractivity (Wildman–Crippen MR) is 225 cm³/mol. The van der Waals surface area contributed by atoms with E-state index in [4.69, 9.17) is 23.7 Å². The van der Waals surface area contributed by atoms with Gasteiger partial charge in [-0.25, -0.2) is 0 Å². The fraction of sp³-hybridized carbons (Fsp3) is 0.260. The third-order valence-electron chi connectivity index (χ3n) is 10.5. The molecule has 0 spiro atoms.